The number of halogens is 1. The summed E-state index contributed by atoms with van der Waals surface area (Å²) in [7, 11) is -3.41. The SMILES string of the molecule is CC(C)(C)NC(=O)O[C@@H](Cc1ccc(Cl)cc1)c1nnc(CNS(C)(=O)=O)o1. The number of alkyl carbamates (subject to hydrolysis) is 1. The van der Waals surface area contributed by atoms with Crippen LogP contribution in [0.15, 0.2) is 28.7 Å². The van der Waals surface area contributed by atoms with Gasteiger partial charge in [-0.1, -0.05) is 23.7 Å². The van der Waals surface area contributed by atoms with Gasteiger partial charge in [0.1, 0.15) is 0 Å². The maximum atomic E-state index is 12.2. The van der Waals surface area contributed by atoms with E-state index < -0.39 is 27.8 Å². The van der Waals surface area contributed by atoms with E-state index in [9.17, 15) is 13.2 Å². The normalized spacial score (nSPS) is 13.2. The number of hydrogen-bond acceptors (Lipinski definition) is 7. The molecule has 0 aliphatic carbocycles. The van der Waals surface area contributed by atoms with Crippen LogP contribution in [0.2, 0.25) is 5.02 Å². The fourth-order valence-corrected chi connectivity index (χ4v) is 2.65. The van der Waals surface area contributed by atoms with Crippen LogP contribution in [-0.2, 0) is 27.7 Å². The Hall–Kier alpha value is -2.17. The van der Waals surface area contributed by atoms with Gasteiger partial charge in [0.2, 0.25) is 15.9 Å². The summed E-state index contributed by atoms with van der Waals surface area (Å²) in [4.78, 5) is 12.2. The molecule has 2 aromatic rings. The van der Waals surface area contributed by atoms with E-state index in [1.807, 2.05) is 20.8 Å². The molecule has 0 bridgehead atoms. The van der Waals surface area contributed by atoms with Crippen molar-refractivity contribution in [3.63, 3.8) is 0 Å². The molecular formula is C17H23ClN4O5S. The zero-order chi connectivity index (χ0) is 20.9. The summed E-state index contributed by atoms with van der Waals surface area (Å²) in [5.74, 6) is 0.116. The van der Waals surface area contributed by atoms with Crippen molar-refractivity contribution >= 4 is 27.7 Å². The minimum absolute atomic E-state index is 0.0568. The molecule has 1 atom stereocenters. The third-order valence-corrected chi connectivity index (χ3v) is 4.22. The van der Waals surface area contributed by atoms with E-state index in [4.69, 9.17) is 20.8 Å². The molecule has 0 unspecified atom stereocenters. The summed E-state index contributed by atoms with van der Waals surface area (Å²) >= 11 is 5.90. The number of nitrogens with one attached hydrogen (secondary N) is 2. The highest BCUT2D eigenvalue weighted by Crippen LogP contribution is 2.23. The number of carbonyl (C=O) groups excluding carboxylic acids is 1. The highest BCUT2D eigenvalue weighted by atomic mass is 35.5. The largest absolute Gasteiger partial charge is 0.436 e. The zero-order valence-corrected chi connectivity index (χ0v) is 17.6. The Bertz CT molecular complexity index is 906. The molecule has 1 amide bonds. The van der Waals surface area contributed by atoms with Crippen molar-refractivity contribution in [2.75, 3.05) is 6.26 Å². The van der Waals surface area contributed by atoms with Crippen LogP contribution in [0.5, 0.6) is 0 Å². The molecule has 0 saturated carbocycles. The molecule has 0 radical (unpaired) electrons. The maximum absolute atomic E-state index is 12.2. The number of ether oxygens (including phenoxy) is 1. The lowest BCUT2D eigenvalue weighted by atomic mass is 10.1. The minimum Gasteiger partial charge on any atom is -0.436 e. The highest BCUT2D eigenvalue weighted by molar-refractivity contribution is 7.88. The van der Waals surface area contributed by atoms with Gasteiger partial charge < -0.3 is 14.5 Å². The Morgan fingerprint density at radius 1 is 1.25 bits per heavy atom. The predicted octanol–water partition coefficient (Wildman–Crippen LogP) is 2.58. The number of amides is 1. The monoisotopic (exact) mass is 430 g/mol. The molecule has 0 aliphatic heterocycles. The van der Waals surface area contributed by atoms with Crippen molar-refractivity contribution < 1.29 is 22.4 Å². The van der Waals surface area contributed by atoms with Crippen molar-refractivity contribution in [2.45, 2.75) is 45.4 Å². The number of sulfonamides is 1. The van der Waals surface area contributed by atoms with Gasteiger partial charge in [-0.05, 0) is 38.5 Å². The second-order valence-electron chi connectivity index (χ2n) is 7.23. The highest BCUT2D eigenvalue weighted by Gasteiger charge is 2.26. The number of rotatable bonds is 7. The Morgan fingerprint density at radius 2 is 1.89 bits per heavy atom. The molecule has 1 aromatic carbocycles. The first-order valence-electron chi connectivity index (χ1n) is 8.41. The van der Waals surface area contributed by atoms with Gasteiger partial charge in [-0.25, -0.2) is 17.9 Å². The molecule has 0 saturated heterocycles. The quantitative estimate of drug-likeness (QED) is 0.691. The molecule has 28 heavy (non-hydrogen) atoms. The van der Waals surface area contributed by atoms with Crippen LogP contribution in [0.3, 0.4) is 0 Å². The van der Waals surface area contributed by atoms with Gasteiger partial charge in [-0.3, -0.25) is 0 Å². The van der Waals surface area contributed by atoms with E-state index in [0.29, 0.717) is 5.02 Å². The molecular weight excluding hydrogens is 408 g/mol. The van der Waals surface area contributed by atoms with Crippen LogP contribution in [0.1, 0.15) is 44.2 Å². The lowest BCUT2D eigenvalue weighted by molar-refractivity contribution is 0.0751. The van der Waals surface area contributed by atoms with Crippen molar-refractivity contribution in [3.05, 3.63) is 46.6 Å². The Balaban J connectivity index is 2.18. The summed E-state index contributed by atoms with van der Waals surface area (Å²) in [6.45, 7) is 5.31. The summed E-state index contributed by atoms with van der Waals surface area (Å²) in [6, 6.07) is 7.03. The van der Waals surface area contributed by atoms with E-state index in [-0.39, 0.29) is 24.7 Å². The van der Waals surface area contributed by atoms with E-state index in [1.54, 1.807) is 24.3 Å². The topological polar surface area (TPSA) is 123 Å². The third-order valence-electron chi connectivity index (χ3n) is 3.30. The van der Waals surface area contributed by atoms with Crippen LogP contribution >= 0.6 is 11.6 Å². The van der Waals surface area contributed by atoms with Gasteiger partial charge in [-0.15, -0.1) is 10.2 Å². The number of benzene rings is 1. The van der Waals surface area contributed by atoms with Crippen molar-refractivity contribution in [1.29, 1.82) is 0 Å². The van der Waals surface area contributed by atoms with Crippen LogP contribution < -0.4 is 10.0 Å². The first-order chi connectivity index (χ1) is 12.9. The molecule has 2 rings (SSSR count). The molecule has 11 heteroatoms. The van der Waals surface area contributed by atoms with Gasteiger partial charge in [0.15, 0.2) is 6.10 Å². The number of nitrogens with zero attached hydrogens (tertiary/aromatic N) is 2. The molecule has 9 nitrogen and oxygen atoms in total. The molecule has 2 N–H and O–H groups in total. The predicted molar refractivity (Wildman–Crippen MR) is 103 cm³/mol. The second kappa shape index (κ2) is 8.89. The fraction of sp³-hybridized carbons (Fsp3) is 0.471. The zero-order valence-electron chi connectivity index (χ0n) is 16.0. The van der Waals surface area contributed by atoms with Crippen molar-refractivity contribution in [1.82, 2.24) is 20.2 Å². The summed E-state index contributed by atoms with van der Waals surface area (Å²) in [6.07, 6.45) is -0.202. The first kappa shape index (κ1) is 22.1. The van der Waals surface area contributed by atoms with Crippen LogP contribution in [0.25, 0.3) is 0 Å². The van der Waals surface area contributed by atoms with E-state index in [1.165, 1.54) is 0 Å². The Labute approximate surface area is 168 Å². The summed E-state index contributed by atoms with van der Waals surface area (Å²) < 4.78 is 35.6. The lowest BCUT2D eigenvalue weighted by Crippen LogP contribution is -2.41. The molecule has 0 aliphatic rings. The van der Waals surface area contributed by atoms with Crippen molar-refractivity contribution in [2.24, 2.45) is 0 Å². The molecule has 154 valence electrons. The van der Waals surface area contributed by atoms with Gasteiger partial charge in [0.05, 0.1) is 12.8 Å². The Morgan fingerprint density at radius 3 is 2.46 bits per heavy atom. The molecule has 0 spiro atoms. The van der Waals surface area contributed by atoms with Gasteiger partial charge in [-0.2, -0.15) is 0 Å². The standard InChI is InChI=1S/C17H23ClN4O5S/c1-17(2,3)20-16(23)26-13(9-11-5-7-12(18)8-6-11)15-22-21-14(27-15)10-19-28(4,24)25/h5-8,13,19H,9-10H2,1-4H3,(H,20,23)/t13-/m0/s1. The van der Waals surface area contributed by atoms with Crippen LogP contribution in [-0.4, -0.2) is 36.5 Å². The minimum atomic E-state index is -3.41. The number of hydrogen-bond donors (Lipinski definition) is 2. The average Bonchev–Trinajstić information content (AvgIpc) is 3.01. The van der Waals surface area contributed by atoms with E-state index in [2.05, 4.69) is 20.2 Å². The number of carbonyl (C=O) groups is 1. The molecule has 1 aromatic heterocycles. The smallest absolute Gasteiger partial charge is 0.408 e. The van der Waals surface area contributed by atoms with Crippen LogP contribution in [0, 0.1) is 0 Å². The lowest BCUT2D eigenvalue weighted by Gasteiger charge is -2.22. The second-order valence-corrected chi connectivity index (χ2v) is 9.50. The summed E-state index contributed by atoms with van der Waals surface area (Å²) in [5, 5.41) is 11.0. The summed E-state index contributed by atoms with van der Waals surface area (Å²) in [5.41, 5.74) is 0.355. The first-order valence-corrected chi connectivity index (χ1v) is 10.7. The van der Waals surface area contributed by atoms with Gasteiger partial charge >= 0.3 is 6.09 Å². The third kappa shape index (κ3) is 7.83. The van der Waals surface area contributed by atoms with Gasteiger partial charge in [0.25, 0.3) is 5.89 Å². The molecule has 1 heterocycles. The molecule has 0 fully saturated rings. The maximum Gasteiger partial charge on any atom is 0.408 e. The van der Waals surface area contributed by atoms with E-state index >= 15 is 0 Å². The Kier molecular flexibility index (Phi) is 7.02. The van der Waals surface area contributed by atoms with Crippen LogP contribution in [0.4, 0.5) is 4.79 Å². The fourth-order valence-electron chi connectivity index (χ4n) is 2.14. The average molecular weight is 431 g/mol. The van der Waals surface area contributed by atoms with Crippen molar-refractivity contribution in [3.8, 4) is 0 Å². The van der Waals surface area contributed by atoms with Gasteiger partial charge in [0, 0.05) is 17.0 Å². The van der Waals surface area contributed by atoms with E-state index in [0.717, 1.165) is 11.8 Å². The number of aromatic nitrogens is 2.